The number of rotatable bonds is 2. The number of nitrogens with zero attached hydrogens (tertiary/aromatic N) is 1. The molecule has 2 rings (SSSR count). The Morgan fingerprint density at radius 3 is 2.56 bits per heavy atom. The molecule has 0 unspecified atom stereocenters. The van der Waals surface area contributed by atoms with Crippen LogP contribution >= 0.6 is 0 Å². The highest BCUT2D eigenvalue weighted by Crippen LogP contribution is 2.25. The Bertz CT molecular complexity index is 517. The molecule has 0 aliphatic heterocycles. The Morgan fingerprint density at radius 2 is 1.94 bits per heavy atom. The number of pyridine rings is 1. The predicted octanol–water partition coefficient (Wildman–Crippen LogP) is 4.06. The molecule has 2 heteroatoms. The first-order valence-corrected chi connectivity index (χ1v) is 5.71. The van der Waals surface area contributed by atoms with Gasteiger partial charge in [-0.3, -0.25) is 4.98 Å². The van der Waals surface area contributed by atoms with Crippen LogP contribution in [0.15, 0.2) is 24.3 Å². The fourth-order valence-corrected chi connectivity index (χ4v) is 1.87. The van der Waals surface area contributed by atoms with E-state index in [-0.39, 0.29) is 11.7 Å². The van der Waals surface area contributed by atoms with E-state index < -0.39 is 0 Å². The molecule has 1 nitrogen and oxygen atoms in total. The van der Waals surface area contributed by atoms with Crippen molar-refractivity contribution in [1.82, 2.24) is 4.98 Å². The minimum Gasteiger partial charge on any atom is -0.253 e. The molecular formula is C14H16FN. The first-order chi connectivity index (χ1) is 7.63. The smallest absolute Gasteiger partial charge is 0.136 e. The first-order valence-electron chi connectivity index (χ1n) is 5.71. The molecule has 0 saturated carbocycles. The maximum atomic E-state index is 14.1. The van der Waals surface area contributed by atoms with Crippen molar-refractivity contribution in [3.8, 4) is 0 Å². The predicted molar refractivity (Wildman–Crippen MR) is 65.2 cm³/mol. The zero-order chi connectivity index (χ0) is 11.7. The van der Waals surface area contributed by atoms with Crippen molar-refractivity contribution < 1.29 is 4.39 Å². The molecule has 0 N–H and O–H groups in total. The Hall–Kier alpha value is -1.44. The number of aromatic nitrogens is 1. The summed E-state index contributed by atoms with van der Waals surface area (Å²) < 4.78 is 14.1. The standard InChI is InChI=1S/C14H16FN/c1-4-10-5-6-12-13(16-10)8-7-11(9(2)3)14(12)15/h5-9H,4H2,1-3H3. The summed E-state index contributed by atoms with van der Waals surface area (Å²) >= 11 is 0. The van der Waals surface area contributed by atoms with Crippen LogP contribution in [0.3, 0.4) is 0 Å². The van der Waals surface area contributed by atoms with Crippen molar-refractivity contribution in [3.63, 3.8) is 0 Å². The van der Waals surface area contributed by atoms with Crippen LogP contribution in [-0.4, -0.2) is 4.98 Å². The van der Waals surface area contributed by atoms with E-state index in [0.717, 1.165) is 23.2 Å². The number of hydrogen-bond donors (Lipinski definition) is 0. The van der Waals surface area contributed by atoms with Gasteiger partial charge in [0, 0.05) is 11.1 Å². The lowest BCUT2D eigenvalue weighted by atomic mass is 10.00. The number of halogens is 1. The van der Waals surface area contributed by atoms with Gasteiger partial charge >= 0.3 is 0 Å². The van der Waals surface area contributed by atoms with E-state index in [4.69, 9.17) is 0 Å². The topological polar surface area (TPSA) is 12.9 Å². The monoisotopic (exact) mass is 217 g/mol. The van der Waals surface area contributed by atoms with E-state index in [1.807, 2.05) is 45.0 Å². The fraction of sp³-hybridized carbons (Fsp3) is 0.357. The van der Waals surface area contributed by atoms with E-state index in [0.29, 0.717) is 5.39 Å². The van der Waals surface area contributed by atoms with E-state index in [1.165, 1.54) is 0 Å². The summed E-state index contributed by atoms with van der Waals surface area (Å²) in [6, 6.07) is 7.49. The second-order valence-electron chi connectivity index (χ2n) is 4.35. The van der Waals surface area contributed by atoms with Gasteiger partial charge < -0.3 is 0 Å². The number of aryl methyl sites for hydroxylation is 1. The van der Waals surface area contributed by atoms with E-state index in [2.05, 4.69) is 4.98 Å². The summed E-state index contributed by atoms with van der Waals surface area (Å²) in [6.45, 7) is 6.04. The van der Waals surface area contributed by atoms with Crippen LogP contribution in [0.2, 0.25) is 0 Å². The van der Waals surface area contributed by atoms with Crippen LogP contribution in [0.1, 0.15) is 37.9 Å². The van der Waals surface area contributed by atoms with Gasteiger partial charge in [-0.05, 0) is 36.1 Å². The molecule has 1 aromatic heterocycles. The van der Waals surface area contributed by atoms with E-state index >= 15 is 0 Å². The van der Waals surface area contributed by atoms with Crippen LogP contribution in [0.4, 0.5) is 4.39 Å². The minimum absolute atomic E-state index is 0.123. The molecule has 1 aromatic carbocycles. The van der Waals surface area contributed by atoms with Gasteiger partial charge in [-0.2, -0.15) is 0 Å². The second kappa shape index (κ2) is 4.20. The highest BCUT2D eigenvalue weighted by Gasteiger charge is 2.10. The summed E-state index contributed by atoms with van der Waals surface area (Å²) in [6.07, 6.45) is 0.878. The summed E-state index contributed by atoms with van der Waals surface area (Å²) in [5.74, 6) is 0.0814. The van der Waals surface area contributed by atoms with E-state index in [9.17, 15) is 4.39 Å². The summed E-state index contributed by atoms with van der Waals surface area (Å²) in [4.78, 5) is 4.41. The molecule has 0 radical (unpaired) electrons. The average molecular weight is 217 g/mol. The van der Waals surface area contributed by atoms with Gasteiger partial charge in [-0.25, -0.2) is 4.39 Å². The van der Waals surface area contributed by atoms with Gasteiger partial charge in [0.25, 0.3) is 0 Å². The molecule has 16 heavy (non-hydrogen) atoms. The number of hydrogen-bond acceptors (Lipinski definition) is 1. The third-order valence-electron chi connectivity index (χ3n) is 2.88. The molecule has 1 heterocycles. The Balaban J connectivity index is 2.67. The van der Waals surface area contributed by atoms with Crippen molar-refractivity contribution in [3.05, 3.63) is 41.3 Å². The lowest BCUT2D eigenvalue weighted by molar-refractivity contribution is 0.609. The van der Waals surface area contributed by atoms with Crippen molar-refractivity contribution in [2.75, 3.05) is 0 Å². The van der Waals surface area contributed by atoms with Crippen molar-refractivity contribution in [1.29, 1.82) is 0 Å². The molecule has 0 fully saturated rings. The average Bonchev–Trinajstić information content (AvgIpc) is 2.28. The molecule has 0 spiro atoms. The Kier molecular flexibility index (Phi) is 2.90. The highest BCUT2D eigenvalue weighted by molar-refractivity contribution is 5.80. The number of benzene rings is 1. The van der Waals surface area contributed by atoms with Gasteiger partial charge in [-0.1, -0.05) is 26.8 Å². The molecule has 0 bridgehead atoms. The maximum absolute atomic E-state index is 14.1. The van der Waals surface area contributed by atoms with Crippen LogP contribution in [0.25, 0.3) is 10.9 Å². The van der Waals surface area contributed by atoms with Crippen molar-refractivity contribution in [2.45, 2.75) is 33.1 Å². The Morgan fingerprint density at radius 1 is 1.19 bits per heavy atom. The van der Waals surface area contributed by atoms with Gasteiger partial charge in [0.2, 0.25) is 0 Å². The van der Waals surface area contributed by atoms with Gasteiger partial charge in [0.15, 0.2) is 0 Å². The fourth-order valence-electron chi connectivity index (χ4n) is 1.87. The molecule has 0 amide bonds. The molecule has 0 saturated heterocycles. The zero-order valence-corrected chi connectivity index (χ0v) is 9.92. The van der Waals surface area contributed by atoms with E-state index in [1.54, 1.807) is 0 Å². The number of fused-ring (bicyclic) bond motifs is 1. The minimum atomic E-state index is -0.123. The third-order valence-corrected chi connectivity index (χ3v) is 2.88. The first kappa shape index (κ1) is 11.1. The van der Waals surface area contributed by atoms with Crippen LogP contribution in [0, 0.1) is 5.82 Å². The molecular weight excluding hydrogens is 201 g/mol. The molecule has 0 atom stereocenters. The largest absolute Gasteiger partial charge is 0.253 e. The quantitative estimate of drug-likeness (QED) is 0.739. The highest BCUT2D eigenvalue weighted by atomic mass is 19.1. The van der Waals surface area contributed by atoms with Crippen molar-refractivity contribution >= 4 is 10.9 Å². The lowest BCUT2D eigenvalue weighted by Crippen LogP contribution is -1.96. The SMILES string of the molecule is CCc1ccc2c(F)c(C(C)C)ccc2n1. The summed E-state index contributed by atoms with van der Waals surface area (Å²) in [5, 5.41) is 0.628. The second-order valence-corrected chi connectivity index (χ2v) is 4.35. The van der Waals surface area contributed by atoms with Gasteiger partial charge in [0.05, 0.1) is 5.52 Å². The molecule has 0 aliphatic rings. The molecule has 84 valence electrons. The van der Waals surface area contributed by atoms with Crippen LogP contribution in [0.5, 0.6) is 0 Å². The third kappa shape index (κ3) is 1.80. The van der Waals surface area contributed by atoms with Crippen molar-refractivity contribution in [2.24, 2.45) is 0 Å². The maximum Gasteiger partial charge on any atom is 0.136 e. The van der Waals surface area contributed by atoms with Crippen LogP contribution < -0.4 is 0 Å². The summed E-state index contributed by atoms with van der Waals surface area (Å²) in [5.41, 5.74) is 2.52. The zero-order valence-electron chi connectivity index (χ0n) is 9.92. The summed E-state index contributed by atoms with van der Waals surface area (Å²) in [7, 11) is 0. The van der Waals surface area contributed by atoms with Gasteiger partial charge in [0.1, 0.15) is 5.82 Å². The van der Waals surface area contributed by atoms with Crippen LogP contribution in [-0.2, 0) is 6.42 Å². The Labute approximate surface area is 95.3 Å². The molecule has 0 aliphatic carbocycles. The molecule has 2 aromatic rings. The van der Waals surface area contributed by atoms with Gasteiger partial charge in [-0.15, -0.1) is 0 Å². The normalized spacial score (nSPS) is 11.3. The lowest BCUT2D eigenvalue weighted by Gasteiger charge is -2.09.